The summed E-state index contributed by atoms with van der Waals surface area (Å²) in [5, 5.41) is 1.05. The van der Waals surface area contributed by atoms with Gasteiger partial charge in [0, 0.05) is 17.5 Å². The molecular weight excluding hydrogens is 284 g/mol. The molecule has 1 aromatic carbocycles. The van der Waals surface area contributed by atoms with E-state index in [-0.39, 0.29) is 11.9 Å². The van der Waals surface area contributed by atoms with Crippen LogP contribution in [0.3, 0.4) is 0 Å². The Labute approximate surface area is 138 Å². The number of aromatic nitrogens is 1. The van der Waals surface area contributed by atoms with Crippen LogP contribution in [0.4, 0.5) is 0 Å². The van der Waals surface area contributed by atoms with Gasteiger partial charge in [0.15, 0.2) is 0 Å². The molecule has 1 aliphatic rings. The minimum atomic E-state index is 0.139. The van der Waals surface area contributed by atoms with Crippen molar-refractivity contribution in [1.82, 2.24) is 9.88 Å². The molecule has 0 aliphatic heterocycles. The summed E-state index contributed by atoms with van der Waals surface area (Å²) in [6.45, 7) is 8.24. The molecule has 1 saturated carbocycles. The van der Waals surface area contributed by atoms with Crippen molar-refractivity contribution in [3.8, 4) is 0 Å². The number of hydrogen-bond donors (Lipinski definition) is 0. The lowest BCUT2D eigenvalue weighted by atomic mass is 10.0. The Bertz CT molecular complexity index is 730. The van der Waals surface area contributed by atoms with Gasteiger partial charge < -0.3 is 4.90 Å². The number of amides is 1. The van der Waals surface area contributed by atoms with Gasteiger partial charge in [-0.3, -0.25) is 9.78 Å². The second-order valence-corrected chi connectivity index (χ2v) is 7.06. The lowest BCUT2D eigenvalue weighted by Crippen LogP contribution is -2.44. The van der Waals surface area contributed by atoms with E-state index >= 15 is 0 Å². The second-order valence-electron chi connectivity index (χ2n) is 7.06. The van der Waals surface area contributed by atoms with Crippen molar-refractivity contribution in [2.24, 2.45) is 0 Å². The molecular formula is C20H26N2O. The van der Waals surface area contributed by atoms with Crippen molar-refractivity contribution in [2.75, 3.05) is 0 Å². The minimum absolute atomic E-state index is 0.139. The summed E-state index contributed by atoms with van der Waals surface area (Å²) >= 11 is 0. The van der Waals surface area contributed by atoms with Gasteiger partial charge in [0.2, 0.25) is 0 Å². The maximum atomic E-state index is 13.2. The van der Waals surface area contributed by atoms with E-state index in [1.54, 1.807) is 0 Å². The number of hydrogen-bond acceptors (Lipinski definition) is 2. The molecule has 1 aliphatic carbocycles. The Morgan fingerprint density at radius 1 is 1.17 bits per heavy atom. The van der Waals surface area contributed by atoms with Gasteiger partial charge >= 0.3 is 0 Å². The van der Waals surface area contributed by atoms with Crippen molar-refractivity contribution in [2.45, 2.75) is 65.5 Å². The molecule has 1 aromatic heterocycles. The van der Waals surface area contributed by atoms with Crippen LogP contribution in [-0.2, 0) is 0 Å². The Morgan fingerprint density at radius 3 is 2.52 bits per heavy atom. The van der Waals surface area contributed by atoms with Gasteiger partial charge in [-0.25, -0.2) is 0 Å². The number of carbonyl (C=O) groups is 1. The fraction of sp³-hybridized carbons (Fsp3) is 0.500. The van der Waals surface area contributed by atoms with Gasteiger partial charge in [-0.2, -0.15) is 0 Å². The SMILES string of the molecule is Cc1ccc2nc(C)c(C(=O)N(C(C)C)C3CCCC3)cc2c1. The van der Waals surface area contributed by atoms with E-state index in [1.165, 1.54) is 18.4 Å². The Kier molecular flexibility index (Phi) is 4.38. The summed E-state index contributed by atoms with van der Waals surface area (Å²) in [6, 6.07) is 8.83. The lowest BCUT2D eigenvalue weighted by molar-refractivity contribution is 0.0612. The molecule has 23 heavy (non-hydrogen) atoms. The van der Waals surface area contributed by atoms with Gasteiger partial charge in [0.05, 0.1) is 16.8 Å². The van der Waals surface area contributed by atoms with Gasteiger partial charge in [0.25, 0.3) is 5.91 Å². The van der Waals surface area contributed by atoms with E-state index in [4.69, 9.17) is 0 Å². The molecule has 0 atom stereocenters. The molecule has 0 radical (unpaired) electrons. The van der Waals surface area contributed by atoms with Crippen molar-refractivity contribution in [3.63, 3.8) is 0 Å². The molecule has 1 amide bonds. The summed E-state index contributed by atoms with van der Waals surface area (Å²) in [5.74, 6) is 0.139. The topological polar surface area (TPSA) is 33.2 Å². The summed E-state index contributed by atoms with van der Waals surface area (Å²) in [5.41, 5.74) is 3.73. The fourth-order valence-electron chi connectivity index (χ4n) is 3.75. The van der Waals surface area contributed by atoms with Crippen LogP contribution in [0.2, 0.25) is 0 Å². The number of fused-ring (bicyclic) bond motifs is 1. The van der Waals surface area contributed by atoms with Crippen molar-refractivity contribution >= 4 is 16.8 Å². The number of nitrogens with zero attached hydrogens (tertiary/aromatic N) is 2. The monoisotopic (exact) mass is 310 g/mol. The average molecular weight is 310 g/mol. The molecule has 122 valence electrons. The predicted octanol–water partition coefficient (Wildman–Crippen LogP) is 4.64. The third-order valence-corrected chi connectivity index (χ3v) is 4.90. The number of carbonyl (C=O) groups excluding carboxylic acids is 1. The van der Waals surface area contributed by atoms with Crippen LogP contribution in [0.1, 0.15) is 61.1 Å². The molecule has 0 spiro atoms. The molecule has 3 heteroatoms. The molecule has 3 nitrogen and oxygen atoms in total. The highest BCUT2D eigenvalue weighted by Gasteiger charge is 2.30. The maximum Gasteiger partial charge on any atom is 0.256 e. The quantitative estimate of drug-likeness (QED) is 0.827. The normalized spacial score (nSPS) is 15.5. The van der Waals surface area contributed by atoms with Crippen molar-refractivity contribution < 1.29 is 4.79 Å². The molecule has 1 fully saturated rings. The smallest absolute Gasteiger partial charge is 0.256 e. The zero-order valence-corrected chi connectivity index (χ0v) is 14.6. The first kappa shape index (κ1) is 16.0. The Morgan fingerprint density at radius 2 is 1.87 bits per heavy atom. The van der Waals surface area contributed by atoms with Crippen LogP contribution in [0.25, 0.3) is 10.9 Å². The summed E-state index contributed by atoms with van der Waals surface area (Å²) in [6.07, 6.45) is 4.72. The van der Waals surface area contributed by atoms with Crippen molar-refractivity contribution in [3.05, 3.63) is 41.1 Å². The molecule has 0 saturated heterocycles. The zero-order valence-electron chi connectivity index (χ0n) is 14.6. The van der Waals surface area contributed by atoms with E-state index in [0.717, 1.165) is 35.0 Å². The molecule has 0 bridgehead atoms. The van der Waals surface area contributed by atoms with E-state index < -0.39 is 0 Å². The summed E-state index contributed by atoms with van der Waals surface area (Å²) < 4.78 is 0. The van der Waals surface area contributed by atoms with Crippen LogP contribution >= 0.6 is 0 Å². The van der Waals surface area contributed by atoms with Crippen molar-refractivity contribution in [1.29, 1.82) is 0 Å². The highest BCUT2D eigenvalue weighted by Crippen LogP contribution is 2.28. The summed E-state index contributed by atoms with van der Waals surface area (Å²) in [4.78, 5) is 19.9. The Hall–Kier alpha value is -1.90. The van der Waals surface area contributed by atoms with Crippen LogP contribution in [0, 0.1) is 13.8 Å². The number of benzene rings is 1. The third kappa shape index (κ3) is 3.10. The summed E-state index contributed by atoms with van der Waals surface area (Å²) in [7, 11) is 0. The Balaban J connectivity index is 2.02. The van der Waals surface area contributed by atoms with Crippen LogP contribution in [0.15, 0.2) is 24.3 Å². The molecule has 3 rings (SSSR count). The number of pyridine rings is 1. The van der Waals surface area contributed by atoms with Gasteiger partial charge in [-0.15, -0.1) is 0 Å². The van der Waals surface area contributed by atoms with E-state index in [1.807, 2.05) is 19.1 Å². The van der Waals surface area contributed by atoms with Crippen LogP contribution in [-0.4, -0.2) is 27.9 Å². The lowest BCUT2D eigenvalue weighted by Gasteiger charge is -2.33. The molecule has 2 aromatic rings. The first-order valence-electron chi connectivity index (χ1n) is 8.68. The van der Waals surface area contributed by atoms with Crippen LogP contribution in [0.5, 0.6) is 0 Å². The molecule has 0 N–H and O–H groups in total. The second kappa shape index (κ2) is 6.31. The minimum Gasteiger partial charge on any atom is -0.333 e. The van der Waals surface area contributed by atoms with Crippen LogP contribution < -0.4 is 0 Å². The predicted molar refractivity (Wildman–Crippen MR) is 94.8 cm³/mol. The largest absolute Gasteiger partial charge is 0.333 e. The van der Waals surface area contributed by atoms with Gasteiger partial charge in [0.1, 0.15) is 0 Å². The molecule has 1 heterocycles. The first-order chi connectivity index (χ1) is 11.0. The van der Waals surface area contributed by atoms with E-state index in [0.29, 0.717) is 6.04 Å². The van der Waals surface area contributed by atoms with Gasteiger partial charge in [-0.1, -0.05) is 24.5 Å². The number of aryl methyl sites for hydroxylation is 2. The third-order valence-electron chi connectivity index (χ3n) is 4.90. The number of rotatable bonds is 3. The average Bonchev–Trinajstić information content (AvgIpc) is 3.00. The van der Waals surface area contributed by atoms with E-state index in [9.17, 15) is 4.79 Å². The maximum absolute atomic E-state index is 13.2. The molecule has 0 unspecified atom stereocenters. The zero-order chi connectivity index (χ0) is 16.6. The fourth-order valence-corrected chi connectivity index (χ4v) is 3.75. The highest BCUT2D eigenvalue weighted by atomic mass is 16.2. The highest BCUT2D eigenvalue weighted by molar-refractivity contribution is 5.99. The van der Waals surface area contributed by atoms with E-state index in [2.05, 4.69) is 42.8 Å². The standard InChI is InChI=1S/C20H26N2O/c1-13(2)22(17-7-5-6-8-17)20(23)18-12-16-11-14(3)9-10-19(16)21-15(18)4/h9-13,17H,5-8H2,1-4H3. The first-order valence-corrected chi connectivity index (χ1v) is 8.68. The van der Waals surface area contributed by atoms with Gasteiger partial charge in [-0.05, 0) is 58.7 Å².